The number of benzene rings is 2. The minimum absolute atomic E-state index is 0.00582. The number of carbonyl (C=O) groups is 1. The molecule has 1 amide bonds. The van der Waals surface area contributed by atoms with E-state index in [9.17, 15) is 13.6 Å². The van der Waals surface area contributed by atoms with Gasteiger partial charge in [-0.25, -0.2) is 13.6 Å². The lowest BCUT2D eigenvalue weighted by atomic mass is 9.89. The molecule has 1 heterocycles. The molecule has 0 fully saturated rings. The van der Waals surface area contributed by atoms with Crippen LogP contribution in [0.2, 0.25) is 0 Å². The predicted molar refractivity (Wildman–Crippen MR) is 100 cm³/mol. The Hall–Kier alpha value is -1.95. The zero-order valence-corrected chi connectivity index (χ0v) is 16.2. The topological polar surface area (TPSA) is 29.5 Å². The molecule has 26 heavy (non-hydrogen) atoms. The largest absolute Gasteiger partial charge is 0.444 e. The van der Waals surface area contributed by atoms with Crippen molar-refractivity contribution in [3.8, 4) is 0 Å². The van der Waals surface area contributed by atoms with Gasteiger partial charge in [0.1, 0.15) is 18.2 Å². The Morgan fingerprint density at radius 2 is 2.00 bits per heavy atom. The van der Waals surface area contributed by atoms with E-state index in [1.807, 2.05) is 44.2 Å². The molecule has 3 nitrogen and oxygen atoms in total. The van der Waals surface area contributed by atoms with Crippen LogP contribution >= 0.6 is 15.9 Å². The van der Waals surface area contributed by atoms with Crippen LogP contribution in [0.1, 0.15) is 31.4 Å². The molecular weight excluding hydrogens is 404 g/mol. The van der Waals surface area contributed by atoms with Crippen LogP contribution in [0.25, 0.3) is 0 Å². The first-order valence-electron chi connectivity index (χ1n) is 8.56. The third-order valence-corrected chi connectivity index (χ3v) is 5.25. The van der Waals surface area contributed by atoms with E-state index in [1.54, 1.807) is 0 Å². The van der Waals surface area contributed by atoms with E-state index in [0.717, 1.165) is 11.6 Å². The standard InChI is InChI=1S/C20H20BrF2NO2/c1-12(2)17-9-8-14-18(23)15(21)10-16(22)19(14)24(17)20(25)26-11-13-6-4-3-5-7-13/h3-7,10,12,17H,8-9,11H2,1-2H3. The van der Waals surface area contributed by atoms with Crippen molar-refractivity contribution in [1.82, 2.24) is 0 Å². The Morgan fingerprint density at radius 3 is 2.65 bits per heavy atom. The maximum Gasteiger partial charge on any atom is 0.414 e. The van der Waals surface area contributed by atoms with Crippen molar-refractivity contribution in [1.29, 1.82) is 0 Å². The lowest BCUT2D eigenvalue weighted by Gasteiger charge is -2.39. The van der Waals surface area contributed by atoms with Gasteiger partial charge in [-0.15, -0.1) is 0 Å². The minimum Gasteiger partial charge on any atom is -0.444 e. The van der Waals surface area contributed by atoms with E-state index in [0.29, 0.717) is 12.8 Å². The lowest BCUT2D eigenvalue weighted by molar-refractivity contribution is 0.141. The van der Waals surface area contributed by atoms with Gasteiger partial charge in [0.05, 0.1) is 10.2 Å². The summed E-state index contributed by atoms with van der Waals surface area (Å²) >= 11 is 3.04. The number of nitrogens with zero attached hydrogens (tertiary/aromatic N) is 1. The summed E-state index contributed by atoms with van der Waals surface area (Å²) in [5, 5.41) is 0. The van der Waals surface area contributed by atoms with Crippen LogP contribution in [0.4, 0.5) is 19.3 Å². The molecule has 2 aromatic rings. The lowest BCUT2D eigenvalue weighted by Crippen LogP contribution is -2.47. The molecule has 2 aromatic carbocycles. The zero-order chi connectivity index (χ0) is 18.8. The molecule has 0 N–H and O–H groups in total. The maximum atomic E-state index is 14.7. The average Bonchev–Trinajstić information content (AvgIpc) is 2.63. The molecule has 6 heteroatoms. The van der Waals surface area contributed by atoms with Gasteiger partial charge in [-0.3, -0.25) is 4.90 Å². The highest BCUT2D eigenvalue weighted by Crippen LogP contribution is 2.40. The van der Waals surface area contributed by atoms with E-state index >= 15 is 0 Å². The van der Waals surface area contributed by atoms with Crippen molar-refractivity contribution < 1.29 is 18.3 Å². The fourth-order valence-electron chi connectivity index (χ4n) is 3.36. The Bertz CT molecular complexity index is 811. The van der Waals surface area contributed by atoms with E-state index in [4.69, 9.17) is 4.74 Å². The summed E-state index contributed by atoms with van der Waals surface area (Å²) in [5.74, 6) is -1.07. The summed E-state index contributed by atoms with van der Waals surface area (Å²) in [5.41, 5.74) is 1.04. The molecule has 0 aliphatic carbocycles. The van der Waals surface area contributed by atoms with Crippen LogP contribution in [-0.4, -0.2) is 12.1 Å². The first kappa shape index (κ1) is 18.8. The molecule has 1 aliphatic heterocycles. The number of hydrogen-bond donors (Lipinski definition) is 0. The fraction of sp³-hybridized carbons (Fsp3) is 0.350. The van der Waals surface area contributed by atoms with Crippen molar-refractivity contribution >= 4 is 27.7 Å². The molecule has 1 unspecified atom stereocenters. The molecule has 1 atom stereocenters. The number of ether oxygens (including phenoxy) is 1. The number of amides is 1. The smallest absolute Gasteiger partial charge is 0.414 e. The van der Waals surface area contributed by atoms with Gasteiger partial charge >= 0.3 is 6.09 Å². The fourth-order valence-corrected chi connectivity index (χ4v) is 3.80. The Balaban J connectivity index is 1.94. The van der Waals surface area contributed by atoms with Crippen LogP contribution in [0.5, 0.6) is 0 Å². The first-order chi connectivity index (χ1) is 12.4. The van der Waals surface area contributed by atoms with E-state index in [-0.39, 0.29) is 34.3 Å². The van der Waals surface area contributed by atoms with Crippen LogP contribution in [-0.2, 0) is 17.8 Å². The highest BCUT2D eigenvalue weighted by atomic mass is 79.9. The first-order valence-corrected chi connectivity index (χ1v) is 9.35. The molecule has 0 saturated carbocycles. The number of hydrogen-bond acceptors (Lipinski definition) is 2. The monoisotopic (exact) mass is 423 g/mol. The quantitative estimate of drug-likeness (QED) is 0.580. The van der Waals surface area contributed by atoms with Crippen LogP contribution in [0, 0.1) is 17.6 Å². The second-order valence-electron chi connectivity index (χ2n) is 6.74. The number of carbonyl (C=O) groups excluding carboxylic acids is 1. The SMILES string of the molecule is CC(C)C1CCc2c(F)c(Br)cc(F)c2N1C(=O)OCc1ccccc1. The second kappa shape index (κ2) is 7.74. The van der Waals surface area contributed by atoms with Crippen LogP contribution in [0.15, 0.2) is 40.9 Å². The summed E-state index contributed by atoms with van der Waals surface area (Å²) in [4.78, 5) is 14.1. The Labute approximate surface area is 160 Å². The van der Waals surface area contributed by atoms with Gasteiger partial charge in [0.15, 0.2) is 0 Å². The normalized spacial score (nSPS) is 16.5. The van der Waals surface area contributed by atoms with Gasteiger partial charge < -0.3 is 4.74 Å². The predicted octanol–water partition coefficient (Wildman–Crippen LogP) is 5.84. The van der Waals surface area contributed by atoms with Gasteiger partial charge in [0, 0.05) is 11.6 Å². The average molecular weight is 424 g/mol. The van der Waals surface area contributed by atoms with Gasteiger partial charge in [0.2, 0.25) is 0 Å². The van der Waals surface area contributed by atoms with Crippen molar-refractivity contribution in [2.45, 2.75) is 39.3 Å². The Kier molecular flexibility index (Phi) is 5.61. The van der Waals surface area contributed by atoms with Gasteiger partial charge in [-0.05, 0) is 46.3 Å². The van der Waals surface area contributed by atoms with Crippen LogP contribution < -0.4 is 4.90 Å². The molecule has 0 spiro atoms. The third kappa shape index (κ3) is 3.61. The van der Waals surface area contributed by atoms with Crippen molar-refractivity contribution in [2.24, 2.45) is 5.92 Å². The molecule has 0 radical (unpaired) electrons. The number of halogens is 3. The molecule has 0 bridgehead atoms. The third-order valence-electron chi connectivity index (χ3n) is 4.67. The summed E-state index contributed by atoms with van der Waals surface area (Å²) < 4.78 is 34.6. The summed E-state index contributed by atoms with van der Waals surface area (Å²) in [6.07, 6.45) is 0.273. The van der Waals surface area contributed by atoms with E-state index in [1.165, 1.54) is 4.90 Å². The Morgan fingerprint density at radius 1 is 1.31 bits per heavy atom. The zero-order valence-electron chi connectivity index (χ0n) is 14.6. The molecule has 0 aromatic heterocycles. The highest BCUT2D eigenvalue weighted by molar-refractivity contribution is 9.10. The molecule has 1 aliphatic rings. The molecule has 138 valence electrons. The van der Waals surface area contributed by atoms with Crippen molar-refractivity contribution in [2.75, 3.05) is 4.90 Å². The van der Waals surface area contributed by atoms with Crippen molar-refractivity contribution in [3.05, 3.63) is 63.6 Å². The highest BCUT2D eigenvalue weighted by Gasteiger charge is 2.38. The van der Waals surface area contributed by atoms with Gasteiger partial charge in [0.25, 0.3) is 0 Å². The van der Waals surface area contributed by atoms with Gasteiger partial charge in [-0.2, -0.15) is 0 Å². The van der Waals surface area contributed by atoms with Crippen LogP contribution in [0.3, 0.4) is 0 Å². The summed E-state index contributed by atoms with van der Waals surface area (Å²) in [6, 6.07) is 10.1. The second-order valence-corrected chi connectivity index (χ2v) is 7.60. The van der Waals surface area contributed by atoms with E-state index < -0.39 is 17.7 Å². The van der Waals surface area contributed by atoms with E-state index in [2.05, 4.69) is 15.9 Å². The molecular formula is C20H20BrF2NO2. The number of anilines is 1. The molecule has 3 rings (SSSR count). The summed E-state index contributed by atoms with van der Waals surface area (Å²) in [7, 11) is 0. The minimum atomic E-state index is -0.658. The number of fused-ring (bicyclic) bond motifs is 1. The van der Waals surface area contributed by atoms with Gasteiger partial charge in [-0.1, -0.05) is 44.2 Å². The maximum absolute atomic E-state index is 14.7. The van der Waals surface area contributed by atoms with Crippen molar-refractivity contribution in [3.63, 3.8) is 0 Å². The summed E-state index contributed by atoms with van der Waals surface area (Å²) in [6.45, 7) is 4.00. The number of rotatable bonds is 3. The molecule has 0 saturated heterocycles.